The SMILES string of the molecule is O=C(CC1(O)CCCCC1)N1CCN(c2ccccn2)CC1. The Morgan fingerprint density at radius 2 is 1.86 bits per heavy atom. The molecule has 1 saturated heterocycles. The second kappa shape index (κ2) is 6.65. The van der Waals surface area contributed by atoms with Crippen molar-refractivity contribution in [2.24, 2.45) is 0 Å². The van der Waals surface area contributed by atoms with Crippen molar-refractivity contribution in [1.82, 2.24) is 9.88 Å². The van der Waals surface area contributed by atoms with Gasteiger partial charge in [0, 0.05) is 32.4 Å². The van der Waals surface area contributed by atoms with E-state index in [1.54, 1.807) is 6.20 Å². The van der Waals surface area contributed by atoms with E-state index in [9.17, 15) is 9.90 Å². The zero-order valence-corrected chi connectivity index (χ0v) is 13.1. The van der Waals surface area contributed by atoms with Crippen LogP contribution in [0.5, 0.6) is 0 Å². The van der Waals surface area contributed by atoms with Gasteiger partial charge in [0.1, 0.15) is 5.82 Å². The highest BCUT2D eigenvalue weighted by atomic mass is 16.3. The van der Waals surface area contributed by atoms with Crippen LogP contribution < -0.4 is 4.90 Å². The molecule has 22 heavy (non-hydrogen) atoms. The molecule has 0 radical (unpaired) electrons. The molecule has 1 N–H and O–H groups in total. The standard InChI is InChI=1S/C17H25N3O2/c21-16(14-17(22)7-3-1-4-8-17)20-12-10-19(11-13-20)15-6-2-5-9-18-15/h2,5-6,9,22H,1,3-4,7-8,10-14H2. The predicted octanol–water partition coefficient (Wildman–Crippen LogP) is 1.82. The number of pyridine rings is 1. The van der Waals surface area contributed by atoms with E-state index >= 15 is 0 Å². The van der Waals surface area contributed by atoms with Crippen LogP contribution >= 0.6 is 0 Å². The van der Waals surface area contributed by atoms with E-state index in [0.29, 0.717) is 13.1 Å². The number of hydrogen-bond acceptors (Lipinski definition) is 4. The van der Waals surface area contributed by atoms with Crippen molar-refractivity contribution >= 4 is 11.7 Å². The first-order valence-corrected chi connectivity index (χ1v) is 8.32. The molecule has 3 rings (SSSR count). The summed E-state index contributed by atoms with van der Waals surface area (Å²) in [5.74, 6) is 1.07. The molecule has 1 aliphatic carbocycles. The van der Waals surface area contributed by atoms with E-state index in [-0.39, 0.29) is 12.3 Å². The molecule has 1 aromatic rings. The molecule has 2 heterocycles. The number of piperazine rings is 1. The molecule has 2 fully saturated rings. The van der Waals surface area contributed by atoms with E-state index in [1.807, 2.05) is 23.1 Å². The molecule has 120 valence electrons. The highest BCUT2D eigenvalue weighted by molar-refractivity contribution is 5.77. The fraction of sp³-hybridized carbons (Fsp3) is 0.647. The zero-order valence-electron chi connectivity index (χ0n) is 13.1. The maximum absolute atomic E-state index is 12.4. The molecular formula is C17H25N3O2. The Morgan fingerprint density at radius 1 is 1.14 bits per heavy atom. The first kappa shape index (κ1) is 15.3. The summed E-state index contributed by atoms with van der Waals surface area (Å²) in [6.45, 7) is 3.04. The number of nitrogens with zero attached hydrogens (tertiary/aromatic N) is 3. The number of rotatable bonds is 3. The Kier molecular flexibility index (Phi) is 4.62. The molecule has 1 saturated carbocycles. The summed E-state index contributed by atoms with van der Waals surface area (Å²) >= 11 is 0. The lowest BCUT2D eigenvalue weighted by molar-refractivity contribution is -0.138. The third-order valence-electron chi connectivity index (χ3n) is 4.87. The van der Waals surface area contributed by atoms with E-state index < -0.39 is 5.60 Å². The second-order valence-corrected chi connectivity index (χ2v) is 6.52. The molecule has 0 bridgehead atoms. The van der Waals surface area contributed by atoms with Crippen LogP contribution in [-0.4, -0.2) is 52.7 Å². The summed E-state index contributed by atoms with van der Waals surface area (Å²) in [4.78, 5) is 20.9. The predicted molar refractivity (Wildman–Crippen MR) is 85.7 cm³/mol. The van der Waals surface area contributed by atoms with Crippen LogP contribution in [0, 0.1) is 0 Å². The first-order chi connectivity index (χ1) is 10.7. The van der Waals surface area contributed by atoms with Gasteiger partial charge in [-0.3, -0.25) is 4.79 Å². The fourth-order valence-electron chi connectivity index (χ4n) is 3.51. The number of anilines is 1. The van der Waals surface area contributed by atoms with Crippen molar-refractivity contribution in [2.75, 3.05) is 31.1 Å². The van der Waals surface area contributed by atoms with Gasteiger partial charge in [-0.2, -0.15) is 0 Å². The third-order valence-corrected chi connectivity index (χ3v) is 4.87. The van der Waals surface area contributed by atoms with E-state index in [1.165, 1.54) is 6.42 Å². The van der Waals surface area contributed by atoms with Crippen LogP contribution in [0.3, 0.4) is 0 Å². The van der Waals surface area contributed by atoms with Gasteiger partial charge in [-0.25, -0.2) is 4.98 Å². The Labute approximate surface area is 131 Å². The van der Waals surface area contributed by atoms with Crippen molar-refractivity contribution in [1.29, 1.82) is 0 Å². The molecule has 0 unspecified atom stereocenters. The van der Waals surface area contributed by atoms with E-state index in [0.717, 1.165) is 44.6 Å². The van der Waals surface area contributed by atoms with Gasteiger partial charge in [-0.1, -0.05) is 25.3 Å². The highest BCUT2D eigenvalue weighted by Crippen LogP contribution is 2.31. The summed E-state index contributed by atoms with van der Waals surface area (Å²) in [5, 5.41) is 10.5. The Morgan fingerprint density at radius 3 is 2.50 bits per heavy atom. The summed E-state index contributed by atoms with van der Waals surface area (Å²) in [5.41, 5.74) is -0.756. The molecule has 0 spiro atoms. The summed E-state index contributed by atoms with van der Waals surface area (Å²) in [6, 6.07) is 5.90. The number of hydrogen-bond donors (Lipinski definition) is 1. The van der Waals surface area contributed by atoms with E-state index in [4.69, 9.17) is 0 Å². The largest absolute Gasteiger partial charge is 0.389 e. The van der Waals surface area contributed by atoms with Gasteiger partial charge in [0.25, 0.3) is 0 Å². The van der Waals surface area contributed by atoms with Crippen molar-refractivity contribution in [3.8, 4) is 0 Å². The van der Waals surface area contributed by atoms with Crippen LogP contribution in [0.2, 0.25) is 0 Å². The minimum absolute atomic E-state index is 0.102. The molecule has 1 aromatic heterocycles. The average Bonchev–Trinajstić information content (AvgIpc) is 2.56. The number of aliphatic hydroxyl groups is 1. The first-order valence-electron chi connectivity index (χ1n) is 8.32. The molecule has 5 nitrogen and oxygen atoms in total. The number of carbonyl (C=O) groups is 1. The smallest absolute Gasteiger partial charge is 0.225 e. The number of aromatic nitrogens is 1. The summed E-state index contributed by atoms with van der Waals surface area (Å²) in [7, 11) is 0. The van der Waals surface area contributed by atoms with Crippen molar-refractivity contribution in [3.63, 3.8) is 0 Å². The Hall–Kier alpha value is -1.62. The molecule has 1 amide bonds. The average molecular weight is 303 g/mol. The minimum Gasteiger partial charge on any atom is -0.389 e. The highest BCUT2D eigenvalue weighted by Gasteiger charge is 2.34. The van der Waals surface area contributed by atoms with Gasteiger partial charge in [0.2, 0.25) is 5.91 Å². The van der Waals surface area contributed by atoms with Crippen LogP contribution in [-0.2, 0) is 4.79 Å². The molecule has 0 aromatic carbocycles. The lowest BCUT2D eigenvalue weighted by Crippen LogP contribution is -2.50. The topological polar surface area (TPSA) is 56.7 Å². The van der Waals surface area contributed by atoms with Gasteiger partial charge in [0.05, 0.1) is 12.0 Å². The lowest BCUT2D eigenvalue weighted by Gasteiger charge is -2.38. The van der Waals surface area contributed by atoms with Crippen molar-refractivity contribution in [3.05, 3.63) is 24.4 Å². The second-order valence-electron chi connectivity index (χ2n) is 6.52. The van der Waals surface area contributed by atoms with E-state index in [2.05, 4.69) is 9.88 Å². The monoisotopic (exact) mass is 303 g/mol. The molecule has 2 aliphatic rings. The normalized spacial score (nSPS) is 21.7. The Bertz CT molecular complexity index is 492. The zero-order chi connectivity index (χ0) is 15.4. The quantitative estimate of drug-likeness (QED) is 0.925. The number of carbonyl (C=O) groups excluding carboxylic acids is 1. The van der Waals surface area contributed by atoms with Crippen LogP contribution in [0.15, 0.2) is 24.4 Å². The van der Waals surface area contributed by atoms with Gasteiger partial charge >= 0.3 is 0 Å². The molecule has 5 heteroatoms. The van der Waals surface area contributed by atoms with Gasteiger partial charge in [0.15, 0.2) is 0 Å². The maximum atomic E-state index is 12.4. The lowest BCUT2D eigenvalue weighted by atomic mass is 9.82. The number of amides is 1. The minimum atomic E-state index is -0.756. The molecular weight excluding hydrogens is 278 g/mol. The van der Waals surface area contributed by atoms with Gasteiger partial charge in [-0.05, 0) is 25.0 Å². The third kappa shape index (κ3) is 3.58. The molecule has 0 atom stereocenters. The fourth-order valence-corrected chi connectivity index (χ4v) is 3.51. The van der Waals surface area contributed by atoms with Gasteiger partial charge < -0.3 is 14.9 Å². The van der Waals surface area contributed by atoms with Crippen LogP contribution in [0.4, 0.5) is 5.82 Å². The van der Waals surface area contributed by atoms with Gasteiger partial charge in [-0.15, -0.1) is 0 Å². The maximum Gasteiger partial charge on any atom is 0.225 e. The van der Waals surface area contributed by atoms with Crippen LogP contribution in [0.25, 0.3) is 0 Å². The van der Waals surface area contributed by atoms with Crippen LogP contribution in [0.1, 0.15) is 38.5 Å². The molecule has 1 aliphatic heterocycles. The summed E-state index contributed by atoms with van der Waals surface area (Å²) < 4.78 is 0. The Balaban J connectivity index is 1.51. The summed E-state index contributed by atoms with van der Waals surface area (Å²) in [6.07, 6.45) is 6.88. The van der Waals surface area contributed by atoms with Crippen molar-refractivity contribution in [2.45, 2.75) is 44.1 Å². The van der Waals surface area contributed by atoms with Crippen molar-refractivity contribution < 1.29 is 9.90 Å².